The maximum atomic E-state index is 12.8. The van der Waals surface area contributed by atoms with Gasteiger partial charge in [-0.2, -0.15) is 10.1 Å². The highest BCUT2D eigenvalue weighted by atomic mass is 16.4. The van der Waals surface area contributed by atoms with Gasteiger partial charge in [-0.1, -0.05) is 42.5 Å². The van der Waals surface area contributed by atoms with Crippen molar-refractivity contribution in [3.8, 4) is 5.69 Å². The molecule has 164 valence electrons. The number of para-hydroxylation sites is 2. The number of nitrogens with one attached hydrogen (secondary N) is 1. The third kappa shape index (κ3) is 4.00. The van der Waals surface area contributed by atoms with Crippen molar-refractivity contribution < 1.29 is 24.6 Å². The first-order valence-corrected chi connectivity index (χ1v) is 9.62. The number of aliphatic carboxylic acids is 1. The maximum Gasteiger partial charge on any atom is 0.357 e. The fourth-order valence-corrected chi connectivity index (χ4v) is 3.23. The normalized spacial score (nSPS) is 14.8. The van der Waals surface area contributed by atoms with Crippen molar-refractivity contribution in [2.24, 2.45) is 5.10 Å². The van der Waals surface area contributed by atoms with Gasteiger partial charge < -0.3 is 10.2 Å². The lowest BCUT2D eigenvalue weighted by Crippen LogP contribution is -2.22. The summed E-state index contributed by atoms with van der Waals surface area (Å²) in [5.41, 5.74) is -0.993. The van der Waals surface area contributed by atoms with E-state index in [9.17, 15) is 29.4 Å². The van der Waals surface area contributed by atoms with E-state index in [0.717, 1.165) is 9.69 Å². The number of amides is 1. The van der Waals surface area contributed by atoms with Gasteiger partial charge in [0.2, 0.25) is 0 Å². The molecule has 0 atom stereocenters. The van der Waals surface area contributed by atoms with Gasteiger partial charge in [0.1, 0.15) is 0 Å². The number of aromatic nitrogens is 2. The molecule has 0 aliphatic carbocycles. The van der Waals surface area contributed by atoms with Crippen LogP contribution in [0.3, 0.4) is 0 Å². The molecule has 2 heterocycles. The molecule has 4 rings (SSSR count). The average Bonchev–Trinajstić information content (AvgIpc) is 3.32. The molecule has 3 N–H and O–H groups in total. The van der Waals surface area contributed by atoms with Crippen LogP contribution in [-0.4, -0.2) is 43.6 Å². The van der Waals surface area contributed by atoms with Crippen LogP contribution in [0.5, 0.6) is 0 Å². The van der Waals surface area contributed by atoms with Crippen molar-refractivity contribution in [3.05, 3.63) is 100.0 Å². The molecule has 33 heavy (non-hydrogen) atoms. The maximum absolute atomic E-state index is 12.8. The number of hydrogen-bond acceptors (Lipinski definition) is 5. The Labute approximate surface area is 186 Å². The van der Waals surface area contributed by atoms with Gasteiger partial charge in [0.25, 0.3) is 11.5 Å². The van der Waals surface area contributed by atoms with Gasteiger partial charge in [-0.25, -0.2) is 14.3 Å². The molecule has 0 unspecified atom stereocenters. The summed E-state index contributed by atoms with van der Waals surface area (Å²) in [5, 5.41) is 26.3. The minimum Gasteiger partial charge on any atom is -0.477 e. The molecule has 0 saturated carbocycles. The highest BCUT2D eigenvalue weighted by Crippen LogP contribution is 2.23. The Balaban J connectivity index is 1.72. The van der Waals surface area contributed by atoms with Crippen molar-refractivity contribution in [2.45, 2.75) is 0 Å². The lowest BCUT2D eigenvalue weighted by atomic mass is 10.1. The predicted octanol–water partition coefficient (Wildman–Crippen LogP) is 2.29. The lowest BCUT2D eigenvalue weighted by Gasteiger charge is -2.10. The Morgan fingerprint density at radius 1 is 0.879 bits per heavy atom. The Bertz CT molecular complexity index is 1400. The smallest absolute Gasteiger partial charge is 0.357 e. The fraction of sp³-hybridized carbons (Fsp3) is 0. The largest absolute Gasteiger partial charge is 0.477 e. The van der Waals surface area contributed by atoms with Crippen LogP contribution < -0.4 is 10.6 Å². The topological polar surface area (TPSA) is 145 Å². The zero-order valence-corrected chi connectivity index (χ0v) is 16.9. The zero-order valence-electron chi connectivity index (χ0n) is 16.9. The number of anilines is 1. The molecule has 0 radical (unpaired) electrons. The van der Waals surface area contributed by atoms with Crippen LogP contribution in [0, 0.1) is 0 Å². The monoisotopic (exact) mass is 444 g/mol. The summed E-state index contributed by atoms with van der Waals surface area (Å²) in [5.74, 6) is -3.42. The summed E-state index contributed by atoms with van der Waals surface area (Å²) < 4.78 is 1.08. The van der Waals surface area contributed by atoms with Crippen LogP contribution in [0.2, 0.25) is 0 Å². The van der Waals surface area contributed by atoms with E-state index >= 15 is 0 Å². The number of carbonyl (C=O) groups excluding carboxylic acids is 1. The van der Waals surface area contributed by atoms with Crippen molar-refractivity contribution in [1.82, 2.24) is 9.78 Å². The number of carboxylic acid groups (broad SMARTS) is 2. The molecular weight excluding hydrogens is 428 g/mol. The van der Waals surface area contributed by atoms with Crippen molar-refractivity contribution in [1.29, 1.82) is 0 Å². The van der Waals surface area contributed by atoms with Gasteiger partial charge in [0.05, 0.1) is 22.5 Å². The summed E-state index contributed by atoms with van der Waals surface area (Å²) in [6.07, 6.45) is 3.63. The van der Waals surface area contributed by atoms with Gasteiger partial charge in [-0.3, -0.25) is 14.7 Å². The minimum absolute atomic E-state index is 0.164. The molecule has 2 aromatic carbocycles. The third-order valence-corrected chi connectivity index (χ3v) is 4.76. The van der Waals surface area contributed by atoms with Crippen molar-refractivity contribution >= 4 is 35.3 Å². The number of benzene rings is 2. The van der Waals surface area contributed by atoms with Crippen LogP contribution in [0.4, 0.5) is 5.69 Å². The van der Waals surface area contributed by atoms with Crippen LogP contribution in [0.15, 0.2) is 88.3 Å². The molecule has 1 aliphatic heterocycles. The molecule has 3 aromatic rings. The van der Waals surface area contributed by atoms with E-state index in [0.29, 0.717) is 11.4 Å². The van der Waals surface area contributed by atoms with E-state index in [1.54, 1.807) is 60.7 Å². The molecular formula is C23H16N4O6. The Hall–Kier alpha value is -4.99. The van der Waals surface area contributed by atoms with Gasteiger partial charge >= 0.3 is 11.9 Å². The summed E-state index contributed by atoms with van der Waals surface area (Å²) >= 11 is 0. The molecule has 10 heteroatoms. The van der Waals surface area contributed by atoms with Gasteiger partial charge in [-0.05, 0) is 36.4 Å². The summed E-state index contributed by atoms with van der Waals surface area (Å²) in [4.78, 5) is 48.8. The standard InChI is InChI=1S/C23H16N4O6/c28-20-16(18(22(30)31)24-26(20)14-8-3-1-4-9-14)12-7-13-17-19(23(32)33)25-27(21(17)29)15-10-5-2-6-11-15/h1-13,24H,(H,30,31)(H,32,33)/b12-7+,17-13-. The van der Waals surface area contributed by atoms with E-state index in [4.69, 9.17) is 0 Å². The number of carboxylic acids is 2. The second kappa shape index (κ2) is 8.63. The lowest BCUT2D eigenvalue weighted by molar-refractivity contribution is -0.129. The van der Waals surface area contributed by atoms with E-state index < -0.39 is 29.1 Å². The van der Waals surface area contributed by atoms with E-state index in [1.807, 2.05) is 0 Å². The third-order valence-electron chi connectivity index (χ3n) is 4.76. The van der Waals surface area contributed by atoms with Crippen LogP contribution in [-0.2, 0) is 9.59 Å². The van der Waals surface area contributed by atoms with Crippen molar-refractivity contribution in [2.75, 3.05) is 5.01 Å². The number of H-pyrrole nitrogens is 1. The number of allylic oxidation sites excluding steroid dienone is 2. The highest BCUT2D eigenvalue weighted by Gasteiger charge is 2.34. The minimum atomic E-state index is -1.40. The Kier molecular flexibility index (Phi) is 5.56. The zero-order chi connectivity index (χ0) is 23.5. The molecule has 1 amide bonds. The second-order valence-electron chi connectivity index (χ2n) is 6.83. The number of aromatic carboxylic acids is 1. The first-order chi connectivity index (χ1) is 15.9. The number of hydrazone groups is 1. The van der Waals surface area contributed by atoms with E-state index in [2.05, 4.69) is 10.2 Å². The quantitative estimate of drug-likeness (QED) is 0.498. The number of rotatable bonds is 6. The first kappa shape index (κ1) is 21.2. The van der Waals surface area contributed by atoms with Crippen LogP contribution in [0.1, 0.15) is 16.1 Å². The Morgan fingerprint density at radius 3 is 2.06 bits per heavy atom. The fourth-order valence-electron chi connectivity index (χ4n) is 3.23. The number of aromatic amines is 1. The van der Waals surface area contributed by atoms with E-state index in [-0.39, 0.29) is 16.8 Å². The number of hydrogen-bond donors (Lipinski definition) is 3. The SMILES string of the molecule is O=C(O)C1=NN(c2ccccc2)C(=O)/C1=C\C=C\c1c(C(=O)O)[nH]n(-c2ccccc2)c1=O. The van der Waals surface area contributed by atoms with Crippen LogP contribution >= 0.6 is 0 Å². The van der Waals surface area contributed by atoms with E-state index in [1.165, 1.54) is 18.2 Å². The molecule has 10 nitrogen and oxygen atoms in total. The molecule has 0 saturated heterocycles. The number of carbonyl (C=O) groups is 3. The molecule has 0 spiro atoms. The van der Waals surface area contributed by atoms with Gasteiger partial charge in [-0.15, -0.1) is 0 Å². The number of nitrogens with zero attached hydrogens (tertiary/aromatic N) is 3. The summed E-state index contributed by atoms with van der Waals surface area (Å²) in [6.45, 7) is 0. The molecule has 1 aliphatic rings. The predicted molar refractivity (Wildman–Crippen MR) is 119 cm³/mol. The molecule has 0 fully saturated rings. The highest BCUT2D eigenvalue weighted by molar-refractivity contribution is 6.52. The summed E-state index contributed by atoms with van der Waals surface area (Å²) in [6, 6.07) is 16.7. The van der Waals surface area contributed by atoms with Crippen molar-refractivity contribution in [3.63, 3.8) is 0 Å². The van der Waals surface area contributed by atoms with Crippen LogP contribution in [0.25, 0.3) is 11.8 Å². The van der Waals surface area contributed by atoms with Gasteiger partial charge in [0, 0.05) is 0 Å². The molecule has 0 bridgehead atoms. The average molecular weight is 444 g/mol. The van der Waals surface area contributed by atoms with Gasteiger partial charge in [0.15, 0.2) is 11.4 Å². The molecule has 1 aromatic heterocycles. The summed E-state index contributed by atoms with van der Waals surface area (Å²) in [7, 11) is 0. The Morgan fingerprint density at radius 2 is 1.48 bits per heavy atom. The first-order valence-electron chi connectivity index (χ1n) is 9.62. The second-order valence-corrected chi connectivity index (χ2v) is 6.83.